The molecule has 2 atom stereocenters. The van der Waals surface area contributed by atoms with Crippen molar-refractivity contribution in [1.82, 2.24) is 30.0 Å². The molecule has 1 aromatic carbocycles. The van der Waals surface area contributed by atoms with Gasteiger partial charge in [-0.25, -0.2) is 4.68 Å². The molecule has 0 spiro atoms. The zero-order valence-corrected chi connectivity index (χ0v) is 18.4. The molecule has 5 rings (SSSR count). The maximum atomic E-state index is 5.81. The van der Waals surface area contributed by atoms with Crippen molar-refractivity contribution < 1.29 is 14.2 Å². The van der Waals surface area contributed by atoms with Crippen molar-refractivity contribution in [2.24, 2.45) is 5.92 Å². The van der Waals surface area contributed by atoms with Gasteiger partial charge in [0.2, 0.25) is 6.79 Å². The van der Waals surface area contributed by atoms with Crippen LogP contribution in [0.1, 0.15) is 44.1 Å². The zero-order chi connectivity index (χ0) is 21.2. The van der Waals surface area contributed by atoms with Crippen molar-refractivity contribution >= 4 is 0 Å². The van der Waals surface area contributed by atoms with Gasteiger partial charge in [-0.2, -0.15) is 0 Å². The lowest BCUT2D eigenvalue weighted by Crippen LogP contribution is -2.48. The highest BCUT2D eigenvalue weighted by atomic mass is 16.7. The predicted molar refractivity (Wildman–Crippen MR) is 114 cm³/mol. The highest BCUT2D eigenvalue weighted by Gasteiger charge is 2.32. The van der Waals surface area contributed by atoms with E-state index in [1.54, 1.807) is 0 Å². The molecule has 31 heavy (non-hydrogen) atoms. The second-order valence-electron chi connectivity index (χ2n) is 9.04. The summed E-state index contributed by atoms with van der Waals surface area (Å²) in [5.74, 6) is 3.09. The number of ether oxygens (including phenoxy) is 3. The third-order valence-electron chi connectivity index (χ3n) is 6.50. The number of aromatic nitrogens is 4. The van der Waals surface area contributed by atoms with Crippen LogP contribution in [0.4, 0.5) is 0 Å². The molecule has 1 aromatic heterocycles. The van der Waals surface area contributed by atoms with Crippen molar-refractivity contribution in [3.8, 4) is 11.5 Å². The minimum atomic E-state index is 0.212. The van der Waals surface area contributed by atoms with Crippen LogP contribution in [0.25, 0.3) is 0 Å². The first-order chi connectivity index (χ1) is 15.2. The standard InChI is InChI=1S/C22H32N6O3/c1-16(2)21(22-23-24-25-28(22)14-18-4-3-11-29-18)27-9-7-26(8-10-27)13-17-5-6-19-20(12-17)31-15-30-19/h5-6,12,16,18,21H,3-4,7-11,13-15H2,1-2H3/t18-,21-/m1/s1. The summed E-state index contributed by atoms with van der Waals surface area (Å²) >= 11 is 0. The Morgan fingerprint density at radius 2 is 1.94 bits per heavy atom. The first-order valence-electron chi connectivity index (χ1n) is 11.4. The summed E-state index contributed by atoms with van der Waals surface area (Å²) in [7, 11) is 0. The molecule has 0 amide bonds. The van der Waals surface area contributed by atoms with Crippen molar-refractivity contribution in [3.05, 3.63) is 29.6 Å². The van der Waals surface area contributed by atoms with Crippen LogP contribution in [0, 0.1) is 5.92 Å². The number of rotatable bonds is 7. The summed E-state index contributed by atoms with van der Waals surface area (Å²) in [5, 5.41) is 12.7. The molecule has 168 valence electrons. The van der Waals surface area contributed by atoms with Gasteiger partial charge in [0.15, 0.2) is 17.3 Å². The van der Waals surface area contributed by atoms with Gasteiger partial charge in [-0.1, -0.05) is 19.9 Å². The van der Waals surface area contributed by atoms with E-state index in [0.29, 0.717) is 12.7 Å². The normalized spacial score (nSPS) is 23.0. The quantitative estimate of drug-likeness (QED) is 0.664. The van der Waals surface area contributed by atoms with Crippen molar-refractivity contribution in [3.63, 3.8) is 0 Å². The number of hydrogen-bond donors (Lipinski definition) is 0. The molecule has 2 saturated heterocycles. The molecule has 3 aliphatic heterocycles. The monoisotopic (exact) mass is 428 g/mol. The number of benzene rings is 1. The third-order valence-corrected chi connectivity index (χ3v) is 6.50. The number of piperazine rings is 1. The van der Waals surface area contributed by atoms with Gasteiger partial charge in [-0.05, 0) is 46.9 Å². The smallest absolute Gasteiger partial charge is 0.231 e. The van der Waals surface area contributed by atoms with Gasteiger partial charge in [-0.15, -0.1) is 5.10 Å². The fraction of sp³-hybridized carbons (Fsp3) is 0.682. The average molecular weight is 429 g/mol. The fourth-order valence-electron chi connectivity index (χ4n) is 4.91. The summed E-state index contributed by atoms with van der Waals surface area (Å²) in [5.41, 5.74) is 1.26. The van der Waals surface area contributed by atoms with Crippen LogP contribution in [0.15, 0.2) is 18.2 Å². The van der Waals surface area contributed by atoms with E-state index < -0.39 is 0 Å². The number of nitrogens with zero attached hydrogens (tertiary/aromatic N) is 6. The Labute approximate surface area is 183 Å². The SMILES string of the molecule is CC(C)[C@H](c1nnnn1C[C@H]1CCCO1)N1CCN(Cc2ccc3c(c2)OCO3)CC1. The van der Waals surface area contributed by atoms with E-state index in [1.807, 2.05) is 10.7 Å². The van der Waals surface area contributed by atoms with Gasteiger partial charge in [0.1, 0.15) is 0 Å². The maximum Gasteiger partial charge on any atom is 0.231 e. The lowest BCUT2D eigenvalue weighted by molar-refractivity contribution is 0.0607. The van der Waals surface area contributed by atoms with E-state index in [2.05, 4.69) is 51.3 Å². The highest BCUT2D eigenvalue weighted by Crippen LogP contribution is 2.33. The Morgan fingerprint density at radius 1 is 1.10 bits per heavy atom. The topological polar surface area (TPSA) is 77.8 Å². The molecule has 0 bridgehead atoms. The molecule has 2 aromatic rings. The predicted octanol–water partition coefficient (Wildman–Crippen LogP) is 2.10. The largest absolute Gasteiger partial charge is 0.454 e. The van der Waals surface area contributed by atoms with Crippen LogP contribution in [0.5, 0.6) is 11.5 Å². The van der Waals surface area contributed by atoms with Crippen molar-refractivity contribution in [1.29, 1.82) is 0 Å². The summed E-state index contributed by atoms with van der Waals surface area (Å²) < 4.78 is 18.7. The molecule has 0 unspecified atom stereocenters. The van der Waals surface area contributed by atoms with Gasteiger partial charge in [-0.3, -0.25) is 9.80 Å². The molecule has 0 radical (unpaired) electrons. The van der Waals surface area contributed by atoms with Crippen LogP contribution >= 0.6 is 0 Å². The van der Waals surface area contributed by atoms with E-state index >= 15 is 0 Å². The van der Waals surface area contributed by atoms with Gasteiger partial charge >= 0.3 is 0 Å². The Bertz CT molecular complexity index is 874. The first-order valence-corrected chi connectivity index (χ1v) is 11.4. The number of hydrogen-bond acceptors (Lipinski definition) is 8. The summed E-state index contributed by atoms with van der Waals surface area (Å²) in [6.45, 7) is 11.4. The van der Waals surface area contributed by atoms with Crippen LogP contribution < -0.4 is 9.47 Å². The van der Waals surface area contributed by atoms with Crippen LogP contribution in [0.2, 0.25) is 0 Å². The van der Waals surface area contributed by atoms with Crippen molar-refractivity contribution in [2.75, 3.05) is 39.6 Å². The Kier molecular flexibility index (Phi) is 6.06. The van der Waals surface area contributed by atoms with E-state index in [0.717, 1.165) is 76.0 Å². The Hall–Kier alpha value is -2.23. The molecule has 0 saturated carbocycles. The van der Waals surface area contributed by atoms with E-state index in [9.17, 15) is 0 Å². The van der Waals surface area contributed by atoms with Crippen molar-refractivity contribution in [2.45, 2.75) is 51.9 Å². The average Bonchev–Trinajstić information content (AvgIpc) is 3.52. The minimum Gasteiger partial charge on any atom is -0.454 e. The third kappa shape index (κ3) is 4.53. The first kappa shape index (κ1) is 20.7. The minimum absolute atomic E-state index is 0.212. The van der Waals surface area contributed by atoms with Crippen LogP contribution in [-0.4, -0.2) is 75.7 Å². The number of fused-ring (bicyclic) bond motifs is 1. The molecule has 2 fully saturated rings. The molecule has 9 nitrogen and oxygen atoms in total. The molecule has 4 heterocycles. The lowest BCUT2D eigenvalue weighted by Gasteiger charge is -2.40. The summed E-state index contributed by atoms with van der Waals surface area (Å²) in [6.07, 6.45) is 2.44. The molecule has 3 aliphatic rings. The van der Waals surface area contributed by atoms with Gasteiger partial charge in [0.25, 0.3) is 0 Å². The van der Waals surface area contributed by atoms with Gasteiger partial charge in [0, 0.05) is 39.3 Å². The Morgan fingerprint density at radius 3 is 2.71 bits per heavy atom. The van der Waals surface area contributed by atoms with Gasteiger partial charge < -0.3 is 14.2 Å². The lowest BCUT2D eigenvalue weighted by atomic mass is 10.0. The molecular weight excluding hydrogens is 396 g/mol. The molecule has 9 heteroatoms. The zero-order valence-electron chi connectivity index (χ0n) is 18.4. The molecule has 0 N–H and O–H groups in total. The van der Waals surface area contributed by atoms with Gasteiger partial charge in [0.05, 0.1) is 18.7 Å². The van der Waals surface area contributed by atoms with E-state index in [1.165, 1.54) is 5.56 Å². The second-order valence-corrected chi connectivity index (χ2v) is 9.04. The van der Waals surface area contributed by atoms with Crippen LogP contribution in [0.3, 0.4) is 0 Å². The maximum absolute atomic E-state index is 5.81. The molecular formula is C22H32N6O3. The summed E-state index contributed by atoms with van der Waals surface area (Å²) in [6, 6.07) is 6.46. The Balaban J connectivity index is 1.22. The van der Waals surface area contributed by atoms with E-state index in [4.69, 9.17) is 14.2 Å². The van der Waals surface area contributed by atoms with Crippen LogP contribution in [-0.2, 0) is 17.8 Å². The highest BCUT2D eigenvalue weighted by molar-refractivity contribution is 5.44. The number of tetrazole rings is 1. The summed E-state index contributed by atoms with van der Waals surface area (Å²) in [4.78, 5) is 5.04. The molecule has 0 aliphatic carbocycles. The fourth-order valence-corrected chi connectivity index (χ4v) is 4.91. The second kappa shape index (κ2) is 9.10. The van der Waals surface area contributed by atoms with E-state index in [-0.39, 0.29) is 12.1 Å².